The standard InChI is InChI=1S/C31H34N2O6S/c1-6-39-30(34)23-18-40-31-32-28-20(15-19-11-13-24(35-2)26(16-19)37-4)9-7-8-10-22(28)29(33(23)31)21-12-14-25(36-3)27(17-21)38-5/h11-18,29H,6-10H2,1-5H3/b20-15+. The molecule has 2 aromatic rings. The van der Waals surface area contributed by atoms with E-state index in [0.717, 1.165) is 58.8 Å². The Bertz CT molecular complexity index is 1430. The molecule has 0 N–H and O–H groups in total. The first kappa shape index (κ1) is 27.7. The lowest BCUT2D eigenvalue weighted by Crippen LogP contribution is -2.37. The number of aliphatic imine (C=N–C) groups is 1. The van der Waals surface area contributed by atoms with Crippen molar-refractivity contribution in [1.29, 1.82) is 0 Å². The maximum atomic E-state index is 13.1. The van der Waals surface area contributed by atoms with Gasteiger partial charge in [-0.05, 0) is 85.2 Å². The maximum Gasteiger partial charge on any atom is 0.355 e. The smallest absolute Gasteiger partial charge is 0.355 e. The van der Waals surface area contributed by atoms with Crippen molar-refractivity contribution in [3.63, 3.8) is 0 Å². The van der Waals surface area contributed by atoms with Crippen LogP contribution in [0.3, 0.4) is 0 Å². The fraction of sp³-hybridized carbons (Fsp3) is 0.355. The van der Waals surface area contributed by atoms with Crippen molar-refractivity contribution in [2.24, 2.45) is 4.99 Å². The number of esters is 1. The third kappa shape index (κ3) is 5.18. The third-order valence-corrected chi connectivity index (χ3v) is 8.08. The second-order valence-corrected chi connectivity index (χ2v) is 10.3. The monoisotopic (exact) mass is 562 g/mol. The third-order valence-electron chi connectivity index (χ3n) is 7.24. The Balaban J connectivity index is 1.66. The molecule has 3 aliphatic rings. The summed E-state index contributed by atoms with van der Waals surface area (Å²) in [6.07, 6.45) is 5.98. The van der Waals surface area contributed by atoms with Crippen LogP contribution < -0.4 is 18.9 Å². The van der Waals surface area contributed by atoms with E-state index < -0.39 is 0 Å². The predicted octanol–water partition coefficient (Wildman–Crippen LogP) is 6.50. The molecule has 0 saturated carbocycles. The van der Waals surface area contributed by atoms with Crippen LogP contribution >= 0.6 is 11.8 Å². The number of carbonyl (C=O) groups excluding carboxylic acids is 1. The van der Waals surface area contributed by atoms with E-state index in [4.69, 9.17) is 28.7 Å². The van der Waals surface area contributed by atoms with E-state index in [1.165, 1.54) is 11.8 Å². The normalized spacial score (nSPS) is 19.3. The molecule has 0 bridgehead atoms. The van der Waals surface area contributed by atoms with Crippen molar-refractivity contribution >= 4 is 29.0 Å². The topological polar surface area (TPSA) is 78.8 Å². The number of carbonyl (C=O) groups is 1. The van der Waals surface area contributed by atoms with E-state index in [-0.39, 0.29) is 12.0 Å². The first-order chi connectivity index (χ1) is 19.5. The van der Waals surface area contributed by atoms with Crippen molar-refractivity contribution in [2.45, 2.75) is 38.6 Å². The molecule has 0 radical (unpaired) electrons. The van der Waals surface area contributed by atoms with E-state index in [0.29, 0.717) is 35.3 Å². The van der Waals surface area contributed by atoms with Crippen LogP contribution in [0.2, 0.25) is 0 Å². The van der Waals surface area contributed by atoms with Crippen molar-refractivity contribution in [2.75, 3.05) is 35.0 Å². The Hall–Kier alpha value is -3.85. The molecule has 210 valence electrons. The largest absolute Gasteiger partial charge is 0.493 e. The number of amidine groups is 1. The van der Waals surface area contributed by atoms with Gasteiger partial charge in [-0.2, -0.15) is 0 Å². The average Bonchev–Trinajstić information content (AvgIpc) is 3.31. The number of ether oxygens (including phenoxy) is 5. The average molecular weight is 563 g/mol. The Morgan fingerprint density at radius 2 is 1.62 bits per heavy atom. The van der Waals surface area contributed by atoms with E-state index in [1.807, 2.05) is 53.6 Å². The second kappa shape index (κ2) is 12.1. The molecule has 2 aromatic carbocycles. The minimum absolute atomic E-state index is 0.250. The molecule has 5 rings (SSSR count). The van der Waals surface area contributed by atoms with Gasteiger partial charge in [0.15, 0.2) is 28.2 Å². The van der Waals surface area contributed by atoms with Crippen LogP contribution in [0.15, 0.2) is 69.3 Å². The van der Waals surface area contributed by atoms with Crippen LogP contribution in [0.1, 0.15) is 49.8 Å². The molecule has 0 aromatic heterocycles. The summed E-state index contributed by atoms with van der Waals surface area (Å²) < 4.78 is 27.6. The zero-order chi connectivity index (χ0) is 28.2. The lowest BCUT2D eigenvalue weighted by atomic mass is 9.89. The van der Waals surface area contributed by atoms with Crippen LogP contribution in [-0.4, -0.2) is 51.1 Å². The molecule has 1 unspecified atom stereocenters. The van der Waals surface area contributed by atoms with Crippen molar-refractivity contribution in [3.05, 3.63) is 75.5 Å². The fourth-order valence-electron chi connectivity index (χ4n) is 5.40. The van der Waals surface area contributed by atoms with E-state index in [1.54, 1.807) is 28.4 Å². The molecule has 0 spiro atoms. The van der Waals surface area contributed by atoms with Gasteiger partial charge < -0.3 is 28.6 Å². The molecule has 2 heterocycles. The molecule has 0 fully saturated rings. The molecular formula is C31H34N2O6S. The molecule has 40 heavy (non-hydrogen) atoms. The number of benzene rings is 2. The second-order valence-electron chi connectivity index (χ2n) is 9.49. The molecule has 1 aliphatic carbocycles. The van der Waals surface area contributed by atoms with Gasteiger partial charge in [-0.3, -0.25) is 0 Å². The Labute approximate surface area is 239 Å². The summed E-state index contributed by atoms with van der Waals surface area (Å²) >= 11 is 1.45. The molecule has 0 amide bonds. The Morgan fingerprint density at radius 3 is 2.33 bits per heavy atom. The lowest BCUT2D eigenvalue weighted by Gasteiger charge is -2.37. The van der Waals surface area contributed by atoms with Gasteiger partial charge in [-0.15, -0.1) is 0 Å². The van der Waals surface area contributed by atoms with Crippen LogP contribution in [0.4, 0.5) is 0 Å². The van der Waals surface area contributed by atoms with Gasteiger partial charge >= 0.3 is 5.97 Å². The number of nitrogens with zero attached hydrogens (tertiary/aromatic N) is 2. The van der Waals surface area contributed by atoms with Gasteiger partial charge in [0.2, 0.25) is 0 Å². The quantitative estimate of drug-likeness (QED) is 0.338. The first-order valence-corrected chi connectivity index (χ1v) is 14.2. The SMILES string of the molecule is CCOC(=O)C1=CSC2=NC3=C(CCCC/C3=C\c3ccc(OC)c(OC)c3)C(c3ccc(OC)c(OC)c3)N12. The highest BCUT2D eigenvalue weighted by Crippen LogP contribution is 2.49. The number of methoxy groups -OCH3 is 4. The predicted molar refractivity (Wildman–Crippen MR) is 157 cm³/mol. The first-order valence-electron chi connectivity index (χ1n) is 13.3. The van der Waals surface area contributed by atoms with Crippen LogP contribution in [0, 0.1) is 0 Å². The summed E-state index contributed by atoms with van der Waals surface area (Å²) in [4.78, 5) is 20.2. The van der Waals surface area contributed by atoms with Gasteiger partial charge in [0, 0.05) is 5.41 Å². The Morgan fingerprint density at radius 1 is 0.950 bits per heavy atom. The number of hydrogen-bond donors (Lipinski definition) is 0. The highest BCUT2D eigenvalue weighted by Gasteiger charge is 2.42. The van der Waals surface area contributed by atoms with Crippen LogP contribution in [-0.2, 0) is 9.53 Å². The summed E-state index contributed by atoms with van der Waals surface area (Å²) in [5.74, 6) is 2.29. The minimum Gasteiger partial charge on any atom is -0.493 e. The van der Waals surface area contributed by atoms with Crippen LogP contribution in [0.5, 0.6) is 23.0 Å². The van der Waals surface area contributed by atoms with Crippen molar-refractivity contribution < 1.29 is 28.5 Å². The zero-order valence-corrected chi connectivity index (χ0v) is 24.3. The van der Waals surface area contributed by atoms with E-state index in [2.05, 4.69) is 6.08 Å². The fourth-order valence-corrected chi connectivity index (χ4v) is 6.29. The van der Waals surface area contributed by atoms with Gasteiger partial charge in [-0.25, -0.2) is 9.79 Å². The summed E-state index contributed by atoms with van der Waals surface area (Å²) in [5, 5.41) is 2.59. The van der Waals surface area contributed by atoms with Crippen molar-refractivity contribution in [1.82, 2.24) is 4.90 Å². The van der Waals surface area contributed by atoms with Gasteiger partial charge in [0.1, 0.15) is 5.70 Å². The highest BCUT2D eigenvalue weighted by molar-refractivity contribution is 8.16. The maximum absolute atomic E-state index is 13.1. The molecule has 8 nitrogen and oxygen atoms in total. The number of rotatable bonds is 8. The molecule has 0 saturated heterocycles. The summed E-state index contributed by atoms with van der Waals surface area (Å²) in [6, 6.07) is 11.6. The molecular weight excluding hydrogens is 528 g/mol. The van der Waals surface area contributed by atoms with Gasteiger partial charge in [0.05, 0.1) is 46.8 Å². The summed E-state index contributed by atoms with van der Waals surface area (Å²) in [7, 11) is 6.53. The number of thioether (sulfide) groups is 1. The molecule has 2 aliphatic heterocycles. The number of fused-ring (bicyclic) bond motifs is 1. The van der Waals surface area contributed by atoms with Gasteiger partial charge in [0.25, 0.3) is 0 Å². The highest BCUT2D eigenvalue weighted by atomic mass is 32.2. The summed E-state index contributed by atoms with van der Waals surface area (Å²) in [5.41, 5.74) is 5.79. The van der Waals surface area contributed by atoms with Crippen LogP contribution in [0.25, 0.3) is 6.08 Å². The van der Waals surface area contributed by atoms with Gasteiger partial charge in [-0.1, -0.05) is 23.9 Å². The van der Waals surface area contributed by atoms with E-state index >= 15 is 0 Å². The zero-order valence-electron chi connectivity index (χ0n) is 23.5. The molecule has 9 heteroatoms. The Kier molecular flexibility index (Phi) is 8.40. The lowest BCUT2D eigenvalue weighted by molar-refractivity contribution is -0.139. The number of hydrogen-bond acceptors (Lipinski definition) is 9. The number of allylic oxidation sites excluding steroid dienone is 1. The minimum atomic E-state index is -0.357. The molecule has 1 atom stereocenters. The van der Waals surface area contributed by atoms with Crippen molar-refractivity contribution in [3.8, 4) is 23.0 Å². The van der Waals surface area contributed by atoms with E-state index in [9.17, 15) is 4.79 Å². The summed E-state index contributed by atoms with van der Waals surface area (Å²) in [6.45, 7) is 2.11.